The summed E-state index contributed by atoms with van der Waals surface area (Å²) in [5.74, 6) is 1.81. The van der Waals surface area contributed by atoms with E-state index in [1.807, 2.05) is 11.1 Å². The summed E-state index contributed by atoms with van der Waals surface area (Å²) < 4.78 is 7.88. The van der Waals surface area contributed by atoms with Crippen LogP contribution >= 0.6 is 0 Å². The van der Waals surface area contributed by atoms with Crippen molar-refractivity contribution in [2.45, 2.75) is 51.2 Å². The first-order chi connectivity index (χ1) is 11.3. The van der Waals surface area contributed by atoms with Gasteiger partial charge in [0.2, 0.25) is 0 Å². The van der Waals surface area contributed by atoms with E-state index in [-0.39, 0.29) is 12.0 Å². The molecule has 0 aromatic carbocycles. The molecule has 1 amide bonds. The molecule has 1 unspecified atom stereocenters. The number of nitrogens with zero attached hydrogens (tertiary/aromatic N) is 3. The minimum absolute atomic E-state index is 0.143. The van der Waals surface area contributed by atoms with Crippen LogP contribution in [0, 0.1) is 0 Å². The lowest BCUT2D eigenvalue weighted by atomic mass is 9.95. The zero-order chi connectivity index (χ0) is 16.1. The largest absolute Gasteiger partial charge is 0.366 e. The van der Waals surface area contributed by atoms with Gasteiger partial charge in [-0.05, 0) is 19.3 Å². The first-order valence-corrected chi connectivity index (χ1v) is 8.91. The molecule has 2 fully saturated rings. The molecule has 3 rings (SSSR count). The number of unbranched alkanes of at least 4 members (excludes halogenated alkanes) is 1. The normalized spacial score (nSPS) is 23.2. The average molecular weight is 320 g/mol. The topological polar surface area (TPSA) is 59.4 Å². The van der Waals surface area contributed by atoms with E-state index >= 15 is 0 Å². The lowest BCUT2D eigenvalue weighted by Gasteiger charge is -2.35. The highest BCUT2D eigenvalue weighted by Crippen LogP contribution is 2.27. The van der Waals surface area contributed by atoms with Gasteiger partial charge in [0.1, 0.15) is 11.9 Å². The van der Waals surface area contributed by atoms with Crippen LogP contribution in [0.25, 0.3) is 0 Å². The highest BCUT2D eigenvalue weighted by molar-refractivity contribution is 5.81. The Morgan fingerprint density at radius 3 is 2.96 bits per heavy atom. The fourth-order valence-corrected chi connectivity index (χ4v) is 3.48. The fourth-order valence-electron chi connectivity index (χ4n) is 3.48. The van der Waals surface area contributed by atoms with Gasteiger partial charge in [0.15, 0.2) is 0 Å². The molecule has 2 saturated heterocycles. The Hall–Kier alpha value is -1.40. The molecular formula is C17H28N4O2. The highest BCUT2D eigenvalue weighted by Gasteiger charge is 2.31. The Balaban J connectivity index is 1.54. The number of hydrogen-bond acceptors (Lipinski definition) is 4. The Bertz CT molecular complexity index is 502. The second kappa shape index (κ2) is 7.93. The first kappa shape index (κ1) is 16.5. The smallest absolute Gasteiger partial charge is 0.253 e. The third-order valence-corrected chi connectivity index (χ3v) is 4.88. The van der Waals surface area contributed by atoms with Crippen LogP contribution in [0.15, 0.2) is 12.4 Å². The fraction of sp³-hybridized carbons (Fsp3) is 0.765. The van der Waals surface area contributed by atoms with Crippen LogP contribution in [-0.2, 0) is 16.1 Å². The number of rotatable bonds is 5. The summed E-state index contributed by atoms with van der Waals surface area (Å²) in [5, 5.41) is 3.23. The molecule has 6 nitrogen and oxygen atoms in total. The predicted molar refractivity (Wildman–Crippen MR) is 88.3 cm³/mol. The Kier molecular flexibility index (Phi) is 5.67. The van der Waals surface area contributed by atoms with Gasteiger partial charge in [-0.25, -0.2) is 4.98 Å². The van der Waals surface area contributed by atoms with Gasteiger partial charge in [0.25, 0.3) is 5.91 Å². The number of hydrogen-bond donors (Lipinski definition) is 1. The van der Waals surface area contributed by atoms with E-state index in [1.54, 1.807) is 0 Å². The van der Waals surface area contributed by atoms with Gasteiger partial charge in [0.05, 0.1) is 6.61 Å². The van der Waals surface area contributed by atoms with E-state index in [9.17, 15) is 4.79 Å². The van der Waals surface area contributed by atoms with Gasteiger partial charge in [-0.15, -0.1) is 0 Å². The molecule has 0 radical (unpaired) electrons. The standard InChI is InChI=1S/C17H28N4O2/c1-2-3-8-20-11-6-19-16(20)14-4-9-21(10-5-14)17(22)15-13-18-7-12-23-15/h6,11,14-15,18H,2-5,7-10,12-13H2,1H3. The summed E-state index contributed by atoms with van der Waals surface area (Å²) in [5.41, 5.74) is 0. The second-order valence-electron chi connectivity index (χ2n) is 6.50. The second-order valence-corrected chi connectivity index (χ2v) is 6.50. The van der Waals surface area contributed by atoms with E-state index in [1.165, 1.54) is 18.7 Å². The van der Waals surface area contributed by atoms with Gasteiger partial charge < -0.3 is 19.5 Å². The van der Waals surface area contributed by atoms with E-state index in [2.05, 4.69) is 28.0 Å². The van der Waals surface area contributed by atoms with Gasteiger partial charge in [0, 0.05) is 51.0 Å². The predicted octanol–water partition coefficient (Wildman–Crippen LogP) is 1.38. The number of amides is 1. The maximum atomic E-state index is 12.5. The summed E-state index contributed by atoms with van der Waals surface area (Å²) >= 11 is 0. The summed E-state index contributed by atoms with van der Waals surface area (Å²) in [6.07, 6.45) is 8.07. The van der Waals surface area contributed by atoms with Crippen molar-refractivity contribution in [1.82, 2.24) is 19.8 Å². The van der Waals surface area contributed by atoms with Crippen LogP contribution in [-0.4, -0.2) is 59.2 Å². The molecule has 1 atom stereocenters. The number of likely N-dealkylation sites (tertiary alicyclic amines) is 1. The van der Waals surface area contributed by atoms with Crippen molar-refractivity contribution in [2.24, 2.45) is 0 Å². The molecule has 0 saturated carbocycles. The number of carbonyl (C=O) groups excluding carboxylic acids is 1. The third kappa shape index (κ3) is 3.93. The number of carbonyl (C=O) groups is 1. The number of morpholine rings is 1. The van der Waals surface area contributed by atoms with Gasteiger partial charge >= 0.3 is 0 Å². The molecule has 1 aromatic rings. The molecule has 1 N–H and O–H groups in total. The Labute approximate surface area is 138 Å². The maximum Gasteiger partial charge on any atom is 0.253 e. The van der Waals surface area contributed by atoms with E-state index in [4.69, 9.17) is 4.74 Å². The number of piperidine rings is 1. The van der Waals surface area contributed by atoms with Crippen molar-refractivity contribution in [3.63, 3.8) is 0 Å². The zero-order valence-electron chi connectivity index (χ0n) is 14.0. The summed E-state index contributed by atoms with van der Waals surface area (Å²) in [6, 6.07) is 0. The van der Waals surface area contributed by atoms with Crippen LogP contribution in [0.4, 0.5) is 0 Å². The molecule has 2 aliphatic rings. The lowest BCUT2D eigenvalue weighted by Crippen LogP contribution is -2.51. The van der Waals surface area contributed by atoms with Crippen molar-refractivity contribution in [3.8, 4) is 0 Å². The molecule has 0 spiro atoms. The lowest BCUT2D eigenvalue weighted by molar-refractivity contribution is -0.146. The molecule has 2 aliphatic heterocycles. The Morgan fingerprint density at radius 2 is 2.26 bits per heavy atom. The van der Waals surface area contributed by atoms with Crippen molar-refractivity contribution in [2.75, 3.05) is 32.8 Å². The molecule has 1 aromatic heterocycles. The molecule has 128 valence electrons. The number of ether oxygens (including phenoxy) is 1. The summed E-state index contributed by atoms with van der Waals surface area (Å²) in [6.45, 7) is 6.98. The van der Waals surface area contributed by atoms with E-state index < -0.39 is 0 Å². The molecule has 0 aliphatic carbocycles. The molecule has 3 heterocycles. The van der Waals surface area contributed by atoms with Crippen molar-refractivity contribution in [1.29, 1.82) is 0 Å². The monoisotopic (exact) mass is 320 g/mol. The summed E-state index contributed by atoms with van der Waals surface area (Å²) in [7, 11) is 0. The van der Waals surface area contributed by atoms with Crippen LogP contribution in [0.5, 0.6) is 0 Å². The van der Waals surface area contributed by atoms with Crippen LogP contribution in [0.2, 0.25) is 0 Å². The summed E-state index contributed by atoms with van der Waals surface area (Å²) in [4.78, 5) is 19.0. The number of aromatic nitrogens is 2. The van der Waals surface area contributed by atoms with E-state index in [0.717, 1.165) is 39.0 Å². The quantitative estimate of drug-likeness (QED) is 0.890. The van der Waals surface area contributed by atoms with Crippen molar-refractivity contribution in [3.05, 3.63) is 18.2 Å². The van der Waals surface area contributed by atoms with Crippen LogP contribution in [0.1, 0.15) is 44.3 Å². The van der Waals surface area contributed by atoms with Gasteiger partial charge in [-0.3, -0.25) is 4.79 Å². The number of nitrogens with one attached hydrogen (secondary N) is 1. The minimum atomic E-state index is -0.299. The number of imidazole rings is 1. The van der Waals surface area contributed by atoms with Crippen LogP contribution < -0.4 is 5.32 Å². The van der Waals surface area contributed by atoms with E-state index in [0.29, 0.717) is 19.1 Å². The van der Waals surface area contributed by atoms with Crippen molar-refractivity contribution < 1.29 is 9.53 Å². The average Bonchev–Trinajstić information content (AvgIpc) is 3.08. The SMILES string of the molecule is CCCCn1ccnc1C1CCN(C(=O)C2CNCCO2)CC1. The molecule has 6 heteroatoms. The van der Waals surface area contributed by atoms with Crippen LogP contribution in [0.3, 0.4) is 0 Å². The molecule has 23 heavy (non-hydrogen) atoms. The maximum absolute atomic E-state index is 12.5. The minimum Gasteiger partial charge on any atom is -0.366 e. The van der Waals surface area contributed by atoms with Gasteiger partial charge in [-0.2, -0.15) is 0 Å². The first-order valence-electron chi connectivity index (χ1n) is 8.91. The Morgan fingerprint density at radius 1 is 1.43 bits per heavy atom. The zero-order valence-corrected chi connectivity index (χ0v) is 14.0. The highest BCUT2D eigenvalue weighted by atomic mass is 16.5. The van der Waals surface area contributed by atoms with Gasteiger partial charge in [-0.1, -0.05) is 13.3 Å². The number of aryl methyl sites for hydroxylation is 1. The third-order valence-electron chi connectivity index (χ3n) is 4.88. The molecule has 0 bridgehead atoms. The molecular weight excluding hydrogens is 292 g/mol. The van der Waals surface area contributed by atoms with Crippen molar-refractivity contribution >= 4 is 5.91 Å².